The number of piperidine rings is 1. The first-order valence-electron chi connectivity index (χ1n) is 10.2. The van der Waals surface area contributed by atoms with Crippen LogP contribution < -0.4 is 4.74 Å². The number of nitrogens with zero attached hydrogens (tertiary/aromatic N) is 3. The molecule has 8 heteroatoms. The molecule has 0 N–H and O–H groups in total. The molecule has 31 heavy (non-hydrogen) atoms. The second-order valence-electron chi connectivity index (χ2n) is 7.23. The maximum Gasteiger partial charge on any atom is 0.337 e. The largest absolute Gasteiger partial charge is 0.484 e. The Morgan fingerprint density at radius 3 is 2.77 bits per heavy atom. The number of methoxy groups -OCH3 is 1. The van der Waals surface area contributed by atoms with E-state index >= 15 is 0 Å². The Morgan fingerprint density at radius 2 is 1.97 bits per heavy atom. The van der Waals surface area contributed by atoms with E-state index in [1.165, 1.54) is 7.11 Å². The second kappa shape index (κ2) is 9.42. The van der Waals surface area contributed by atoms with Gasteiger partial charge in [-0.1, -0.05) is 35.5 Å². The minimum Gasteiger partial charge on any atom is -0.484 e. The molecule has 1 aromatic heterocycles. The van der Waals surface area contributed by atoms with Crippen LogP contribution in [0.5, 0.6) is 5.75 Å². The van der Waals surface area contributed by atoms with Gasteiger partial charge in [-0.3, -0.25) is 4.79 Å². The molecule has 1 atom stereocenters. The molecule has 0 aliphatic carbocycles. The molecule has 1 amide bonds. The first kappa shape index (κ1) is 20.6. The zero-order chi connectivity index (χ0) is 21.6. The minimum atomic E-state index is -0.437. The highest BCUT2D eigenvalue weighted by molar-refractivity contribution is 5.90. The average Bonchev–Trinajstić information content (AvgIpc) is 3.33. The normalized spacial score (nSPS) is 16.0. The van der Waals surface area contributed by atoms with Gasteiger partial charge in [-0.15, -0.1) is 0 Å². The van der Waals surface area contributed by atoms with Gasteiger partial charge < -0.3 is 18.9 Å². The van der Waals surface area contributed by atoms with Gasteiger partial charge in [0.05, 0.1) is 12.7 Å². The van der Waals surface area contributed by atoms with Gasteiger partial charge in [-0.2, -0.15) is 4.98 Å². The van der Waals surface area contributed by atoms with Crippen LogP contribution >= 0.6 is 0 Å². The summed E-state index contributed by atoms with van der Waals surface area (Å²) in [6.07, 6.45) is 2.61. The monoisotopic (exact) mass is 421 g/mol. The van der Waals surface area contributed by atoms with E-state index in [0.29, 0.717) is 35.1 Å². The third kappa shape index (κ3) is 4.74. The zero-order valence-corrected chi connectivity index (χ0v) is 17.2. The molecular weight excluding hydrogens is 398 g/mol. The molecule has 2 heterocycles. The van der Waals surface area contributed by atoms with Crippen molar-refractivity contribution < 1.29 is 23.6 Å². The van der Waals surface area contributed by atoms with Crippen molar-refractivity contribution in [3.63, 3.8) is 0 Å². The molecule has 0 saturated carbocycles. The number of hydrogen-bond donors (Lipinski definition) is 0. The number of ether oxygens (including phenoxy) is 2. The minimum absolute atomic E-state index is 0.0529. The van der Waals surface area contributed by atoms with Crippen molar-refractivity contribution in [1.82, 2.24) is 15.0 Å². The summed E-state index contributed by atoms with van der Waals surface area (Å²) in [6, 6.07) is 15.8. The highest BCUT2D eigenvalue weighted by Gasteiger charge is 2.32. The van der Waals surface area contributed by atoms with Crippen molar-refractivity contribution in [2.45, 2.75) is 25.3 Å². The van der Waals surface area contributed by atoms with Gasteiger partial charge in [0.15, 0.2) is 6.61 Å². The standard InChI is InChI=1S/C23H23N3O5/c1-29-23(28)17-9-7-8-16(14-17)21-24-22(31-25-21)19-12-5-6-13-26(19)20(27)15-30-18-10-3-2-4-11-18/h2-4,7-11,14,19H,5-6,12-13,15H2,1H3. The number of esters is 1. The highest BCUT2D eigenvalue weighted by Crippen LogP contribution is 2.31. The SMILES string of the molecule is COC(=O)c1cccc(-c2noc(C3CCCCN3C(=O)COc3ccccc3)n2)c1. The molecule has 4 rings (SSSR count). The Kier molecular flexibility index (Phi) is 6.26. The van der Waals surface area contributed by atoms with Crippen LogP contribution in [0.1, 0.15) is 41.6 Å². The van der Waals surface area contributed by atoms with E-state index in [4.69, 9.17) is 14.0 Å². The van der Waals surface area contributed by atoms with Gasteiger partial charge in [0.25, 0.3) is 5.91 Å². The summed E-state index contributed by atoms with van der Waals surface area (Å²) in [5.74, 6) is 0.828. The van der Waals surface area contributed by atoms with Crippen LogP contribution in [0, 0.1) is 0 Å². The Balaban J connectivity index is 1.49. The van der Waals surface area contributed by atoms with Crippen molar-refractivity contribution in [2.24, 2.45) is 0 Å². The predicted molar refractivity (Wildman–Crippen MR) is 111 cm³/mol. The number of amides is 1. The van der Waals surface area contributed by atoms with E-state index in [9.17, 15) is 9.59 Å². The van der Waals surface area contributed by atoms with E-state index in [-0.39, 0.29) is 18.6 Å². The summed E-state index contributed by atoms with van der Waals surface area (Å²) >= 11 is 0. The lowest BCUT2D eigenvalue weighted by Gasteiger charge is -2.33. The van der Waals surface area contributed by atoms with Crippen molar-refractivity contribution in [3.8, 4) is 17.1 Å². The number of carbonyl (C=O) groups is 2. The average molecular weight is 421 g/mol. The summed E-state index contributed by atoms with van der Waals surface area (Å²) in [7, 11) is 1.33. The van der Waals surface area contributed by atoms with E-state index < -0.39 is 5.97 Å². The number of carbonyl (C=O) groups excluding carboxylic acids is 2. The van der Waals surface area contributed by atoms with Crippen molar-refractivity contribution in [1.29, 1.82) is 0 Å². The number of likely N-dealkylation sites (tertiary alicyclic amines) is 1. The fourth-order valence-corrected chi connectivity index (χ4v) is 3.62. The molecule has 0 radical (unpaired) electrons. The van der Waals surface area contributed by atoms with Crippen molar-refractivity contribution >= 4 is 11.9 Å². The molecule has 0 bridgehead atoms. The number of hydrogen-bond acceptors (Lipinski definition) is 7. The molecule has 160 valence electrons. The molecular formula is C23H23N3O5. The van der Waals surface area contributed by atoms with Crippen LogP contribution in [0.25, 0.3) is 11.4 Å². The third-order valence-corrected chi connectivity index (χ3v) is 5.20. The molecule has 1 saturated heterocycles. The molecule has 1 fully saturated rings. The van der Waals surface area contributed by atoms with Crippen molar-refractivity contribution in [2.75, 3.05) is 20.3 Å². The maximum absolute atomic E-state index is 12.8. The van der Waals surface area contributed by atoms with Crippen LogP contribution in [0.2, 0.25) is 0 Å². The summed E-state index contributed by atoms with van der Waals surface area (Å²) in [5.41, 5.74) is 1.04. The fourth-order valence-electron chi connectivity index (χ4n) is 3.62. The molecule has 1 aliphatic heterocycles. The molecule has 0 spiro atoms. The topological polar surface area (TPSA) is 94.8 Å². The maximum atomic E-state index is 12.8. The Bertz CT molecular complexity index is 1050. The van der Waals surface area contributed by atoms with E-state index in [2.05, 4.69) is 10.1 Å². The zero-order valence-electron chi connectivity index (χ0n) is 17.2. The number of rotatable bonds is 6. The Hall–Kier alpha value is -3.68. The molecule has 3 aromatic rings. The lowest BCUT2D eigenvalue weighted by Crippen LogP contribution is -2.41. The van der Waals surface area contributed by atoms with Crippen LogP contribution in [-0.2, 0) is 9.53 Å². The first-order chi connectivity index (χ1) is 15.2. The molecule has 8 nitrogen and oxygen atoms in total. The quantitative estimate of drug-likeness (QED) is 0.561. The van der Waals surface area contributed by atoms with Gasteiger partial charge in [0, 0.05) is 12.1 Å². The van der Waals surface area contributed by atoms with Gasteiger partial charge >= 0.3 is 5.97 Å². The summed E-state index contributed by atoms with van der Waals surface area (Å²) in [5, 5.41) is 4.07. The lowest BCUT2D eigenvalue weighted by atomic mass is 10.0. The van der Waals surface area contributed by atoms with Crippen molar-refractivity contribution in [3.05, 3.63) is 66.1 Å². The Morgan fingerprint density at radius 1 is 1.13 bits per heavy atom. The number of benzene rings is 2. The highest BCUT2D eigenvalue weighted by atomic mass is 16.5. The predicted octanol–water partition coefficient (Wildman–Crippen LogP) is 3.66. The van der Waals surface area contributed by atoms with Gasteiger partial charge in [-0.25, -0.2) is 4.79 Å². The lowest BCUT2D eigenvalue weighted by molar-refractivity contribution is -0.138. The first-order valence-corrected chi connectivity index (χ1v) is 10.2. The fraction of sp³-hybridized carbons (Fsp3) is 0.304. The van der Waals surface area contributed by atoms with Gasteiger partial charge in [0.2, 0.25) is 11.7 Å². The molecule has 1 unspecified atom stereocenters. The molecule has 1 aliphatic rings. The number of aromatic nitrogens is 2. The summed E-state index contributed by atoms with van der Waals surface area (Å²) in [6.45, 7) is 0.555. The van der Waals surface area contributed by atoms with Crippen LogP contribution in [0.3, 0.4) is 0 Å². The van der Waals surface area contributed by atoms with E-state index in [1.807, 2.05) is 30.3 Å². The Labute approximate surface area is 179 Å². The summed E-state index contributed by atoms with van der Waals surface area (Å²) in [4.78, 5) is 30.9. The van der Waals surface area contributed by atoms with Gasteiger partial charge in [-0.05, 0) is 43.5 Å². The number of para-hydroxylation sites is 1. The van der Waals surface area contributed by atoms with Crippen LogP contribution in [0.15, 0.2) is 59.1 Å². The smallest absolute Gasteiger partial charge is 0.337 e. The van der Waals surface area contributed by atoms with E-state index in [0.717, 1.165) is 19.3 Å². The third-order valence-electron chi connectivity index (χ3n) is 5.20. The van der Waals surface area contributed by atoms with Crippen LogP contribution in [0.4, 0.5) is 0 Å². The van der Waals surface area contributed by atoms with E-state index in [1.54, 1.807) is 29.2 Å². The summed E-state index contributed by atoms with van der Waals surface area (Å²) < 4.78 is 15.9. The second-order valence-corrected chi connectivity index (χ2v) is 7.23. The van der Waals surface area contributed by atoms with Crippen LogP contribution in [-0.4, -0.2) is 47.2 Å². The van der Waals surface area contributed by atoms with Gasteiger partial charge in [0.1, 0.15) is 11.8 Å². The molecule has 2 aromatic carbocycles.